The minimum absolute atomic E-state index is 0.326. The smallest absolute Gasteiger partial charge is 0.312 e. The summed E-state index contributed by atoms with van der Waals surface area (Å²) in [6.45, 7) is 5.30. The normalized spacial score (nSPS) is 13.2. The van der Waals surface area contributed by atoms with Gasteiger partial charge in [-0.05, 0) is 32.4 Å². The van der Waals surface area contributed by atoms with Crippen LogP contribution in [0, 0.1) is 5.41 Å². The molecule has 1 aromatic rings. The van der Waals surface area contributed by atoms with Gasteiger partial charge in [0.05, 0.1) is 5.41 Å². The van der Waals surface area contributed by atoms with Crippen LogP contribution in [0.15, 0.2) is 30.3 Å². The molecule has 0 fully saturated rings. The van der Waals surface area contributed by atoms with Gasteiger partial charge in [-0.15, -0.1) is 0 Å². The number of rotatable bonds is 5. The van der Waals surface area contributed by atoms with E-state index in [4.69, 9.17) is 9.84 Å². The van der Waals surface area contributed by atoms with Crippen LogP contribution < -0.4 is 4.74 Å². The van der Waals surface area contributed by atoms with Gasteiger partial charge in [0.25, 0.3) is 0 Å². The number of carbonyl (C=O) groups is 1. The summed E-state index contributed by atoms with van der Waals surface area (Å²) < 4.78 is 5.71. The van der Waals surface area contributed by atoms with Gasteiger partial charge in [-0.1, -0.05) is 25.1 Å². The molecule has 0 saturated carbocycles. The molecule has 3 nitrogen and oxygen atoms in total. The molecule has 0 saturated heterocycles. The summed E-state index contributed by atoms with van der Waals surface area (Å²) in [5.74, 6) is -0.126. The van der Waals surface area contributed by atoms with E-state index < -0.39 is 11.4 Å². The number of aliphatic carboxylic acids is 1. The van der Waals surface area contributed by atoms with Crippen LogP contribution in [0.3, 0.4) is 0 Å². The van der Waals surface area contributed by atoms with Crippen LogP contribution in [0.5, 0.6) is 5.75 Å². The molecule has 1 atom stereocenters. The lowest BCUT2D eigenvalue weighted by Gasteiger charge is -2.30. The third-order valence-corrected chi connectivity index (χ3v) is 2.75. The van der Waals surface area contributed by atoms with E-state index in [-0.39, 0.29) is 6.10 Å². The molecule has 0 aliphatic rings. The molecule has 16 heavy (non-hydrogen) atoms. The van der Waals surface area contributed by atoms with Crippen molar-refractivity contribution in [3.05, 3.63) is 30.3 Å². The predicted octanol–water partition coefficient (Wildman–Crippen LogP) is 2.95. The minimum Gasteiger partial charge on any atom is -0.489 e. The first-order valence-corrected chi connectivity index (χ1v) is 5.43. The quantitative estimate of drug-likeness (QED) is 0.833. The Kier molecular flexibility index (Phi) is 3.93. The van der Waals surface area contributed by atoms with Crippen LogP contribution >= 0.6 is 0 Å². The lowest BCUT2D eigenvalue weighted by Crippen LogP contribution is -2.40. The third kappa shape index (κ3) is 2.75. The lowest BCUT2D eigenvalue weighted by atomic mass is 9.85. The van der Waals surface area contributed by atoms with E-state index in [1.165, 1.54) is 0 Å². The summed E-state index contributed by atoms with van der Waals surface area (Å²) in [5.41, 5.74) is -0.884. The van der Waals surface area contributed by atoms with Crippen molar-refractivity contribution in [3.8, 4) is 5.75 Å². The van der Waals surface area contributed by atoms with Crippen molar-refractivity contribution in [1.82, 2.24) is 0 Å². The minimum atomic E-state index is -0.884. The van der Waals surface area contributed by atoms with Crippen LogP contribution in [0.2, 0.25) is 0 Å². The fourth-order valence-electron chi connectivity index (χ4n) is 1.54. The molecule has 3 heteroatoms. The molecule has 0 aliphatic heterocycles. The highest BCUT2D eigenvalue weighted by Crippen LogP contribution is 2.27. The zero-order valence-electron chi connectivity index (χ0n) is 9.93. The summed E-state index contributed by atoms with van der Waals surface area (Å²) in [6.07, 6.45) is 0.334. The number of carboxylic acids is 1. The molecule has 1 N–H and O–H groups in total. The van der Waals surface area contributed by atoms with Crippen molar-refractivity contribution in [3.63, 3.8) is 0 Å². The SMILES string of the molecule is CCC(Oc1ccccc1)C(C)(C)C(=O)O. The van der Waals surface area contributed by atoms with Crippen LogP contribution in [0.25, 0.3) is 0 Å². The van der Waals surface area contributed by atoms with E-state index in [0.29, 0.717) is 12.2 Å². The first kappa shape index (κ1) is 12.6. The summed E-state index contributed by atoms with van der Waals surface area (Å²) >= 11 is 0. The number of ether oxygens (including phenoxy) is 1. The van der Waals surface area contributed by atoms with Crippen LogP contribution in [0.1, 0.15) is 27.2 Å². The maximum Gasteiger partial charge on any atom is 0.312 e. The van der Waals surface area contributed by atoms with Crippen LogP contribution in [0.4, 0.5) is 0 Å². The van der Waals surface area contributed by atoms with Crippen molar-refractivity contribution in [2.45, 2.75) is 33.3 Å². The van der Waals surface area contributed by atoms with Crippen molar-refractivity contribution in [2.75, 3.05) is 0 Å². The Balaban J connectivity index is 2.81. The van der Waals surface area contributed by atoms with Gasteiger partial charge in [0.15, 0.2) is 0 Å². The summed E-state index contributed by atoms with van der Waals surface area (Å²) in [4.78, 5) is 11.1. The highest BCUT2D eigenvalue weighted by atomic mass is 16.5. The Bertz CT molecular complexity index is 343. The summed E-state index contributed by atoms with van der Waals surface area (Å²) in [6, 6.07) is 9.31. The predicted molar refractivity (Wildman–Crippen MR) is 62.6 cm³/mol. The highest BCUT2D eigenvalue weighted by molar-refractivity contribution is 5.74. The van der Waals surface area contributed by atoms with E-state index in [2.05, 4.69) is 0 Å². The molecular formula is C13H18O3. The molecule has 0 bridgehead atoms. The highest BCUT2D eigenvalue weighted by Gasteiger charge is 2.37. The van der Waals surface area contributed by atoms with Crippen molar-refractivity contribution in [1.29, 1.82) is 0 Å². The fourth-order valence-corrected chi connectivity index (χ4v) is 1.54. The van der Waals surface area contributed by atoms with Gasteiger partial charge >= 0.3 is 5.97 Å². The molecule has 88 valence electrons. The first-order chi connectivity index (χ1) is 7.48. The second kappa shape index (κ2) is 5.01. The molecule has 0 radical (unpaired) electrons. The number of carboxylic acid groups (broad SMARTS) is 1. The standard InChI is InChI=1S/C13H18O3/c1-4-11(13(2,3)12(14)15)16-10-8-6-5-7-9-10/h5-9,11H,4H2,1-3H3,(H,14,15). The lowest BCUT2D eigenvalue weighted by molar-refractivity contribution is -0.152. The molecule has 1 unspecified atom stereocenters. The average Bonchev–Trinajstić information content (AvgIpc) is 2.26. The maximum absolute atomic E-state index is 11.1. The number of hydrogen-bond donors (Lipinski definition) is 1. The molecule has 1 rings (SSSR count). The van der Waals surface area contributed by atoms with Gasteiger partial charge in [0.2, 0.25) is 0 Å². The van der Waals surface area contributed by atoms with Crippen LogP contribution in [-0.2, 0) is 4.79 Å². The molecule has 0 heterocycles. The molecule has 0 aromatic heterocycles. The fraction of sp³-hybridized carbons (Fsp3) is 0.462. The van der Waals surface area contributed by atoms with E-state index >= 15 is 0 Å². The second-order valence-electron chi connectivity index (χ2n) is 4.35. The topological polar surface area (TPSA) is 46.5 Å². The summed E-state index contributed by atoms with van der Waals surface area (Å²) in [7, 11) is 0. The summed E-state index contributed by atoms with van der Waals surface area (Å²) in [5, 5.41) is 9.14. The largest absolute Gasteiger partial charge is 0.489 e. The zero-order valence-corrected chi connectivity index (χ0v) is 9.93. The second-order valence-corrected chi connectivity index (χ2v) is 4.35. The zero-order chi connectivity index (χ0) is 12.2. The molecule has 0 spiro atoms. The first-order valence-electron chi connectivity index (χ1n) is 5.43. The van der Waals surface area contributed by atoms with Crippen LogP contribution in [-0.4, -0.2) is 17.2 Å². The van der Waals surface area contributed by atoms with Gasteiger partial charge in [0.1, 0.15) is 11.9 Å². The van der Waals surface area contributed by atoms with Gasteiger partial charge in [-0.2, -0.15) is 0 Å². The molecule has 1 aromatic carbocycles. The van der Waals surface area contributed by atoms with E-state index in [0.717, 1.165) is 0 Å². The van der Waals surface area contributed by atoms with Gasteiger partial charge in [0, 0.05) is 0 Å². The Hall–Kier alpha value is -1.51. The Labute approximate surface area is 96.1 Å². The molecule has 0 amide bonds. The van der Waals surface area contributed by atoms with Crippen molar-refractivity contribution >= 4 is 5.97 Å². The van der Waals surface area contributed by atoms with Gasteiger partial charge < -0.3 is 9.84 Å². The molecular weight excluding hydrogens is 204 g/mol. The number of benzene rings is 1. The van der Waals surface area contributed by atoms with E-state index in [9.17, 15) is 4.79 Å². The van der Waals surface area contributed by atoms with Crippen molar-refractivity contribution in [2.24, 2.45) is 5.41 Å². The van der Waals surface area contributed by atoms with E-state index in [1.807, 2.05) is 37.3 Å². The number of para-hydroxylation sites is 1. The number of hydrogen-bond acceptors (Lipinski definition) is 2. The monoisotopic (exact) mass is 222 g/mol. The van der Waals surface area contributed by atoms with Gasteiger partial charge in [-0.25, -0.2) is 0 Å². The maximum atomic E-state index is 11.1. The Morgan fingerprint density at radius 3 is 2.38 bits per heavy atom. The average molecular weight is 222 g/mol. The van der Waals surface area contributed by atoms with Crippen molar-refractivity contribution < 1.29 is 14.6 Å². The van der Waals surface area contributed by atoms with Gasteiger partial charge in [-0.3, -0.25) is 4.79 Å². The molecule has 0 aliphatic carbocycles. The van der Waals surface area contributed by atoms with E-state index in [1.54, 1.807) is 13.8 Å². The Morgan fingerprint density at radius 1 is 1.38 bits per heavy atom. The Morgan fingerprint density at radius 2 is 1.94 bits per heavy atom. The third-order valence-electron chi connectivity index (χ3n) is 2.75.